The van der Waals surface area contributed by atoms with Gasteiger partial charge in [-0.1, -0.05) is 27.7 Å². The Bertz CT molecular complexity index is 760. The van der Waals surface area contributed by atoms with Crippen LogP contribution in [0.15, 0.2) is 0 Å². The van der Waals surface area contributed by atoms with Gasteiger partial charge in [-0.25, -0.2) is 0 Å². The van der Waals surface area contributed by atoms with Gasteiger partial charge >= 0.3 is 11.9 Å². The summed E-state index contributed by atoms with van der Waals surface area (Å²) in [7, 11) is 0. The first kappa shape index (κ1) is 19.8. The summed E-state index contributed by atoms with van der Waals surface area (Å²) in [5, 5.41) is 0. The lowest BCUT2D eigenvalue weighted by molar-refractivity contribution is -0.241. The SMILES string of the molecule is CC(=O)O[C@H]1CCC(C)(C)C2CC[C@]34C[C@](C)([C@H](OC(C)=O)CC3[C@@]21C)[C@H]1O[C@H]14. The number of carbonyl (C=O) groups is 2. The minimum atomic E-state index is -0.203. The Kier molecular flexibility index (Phi) is 3.95. The zero-order valence-electron chi connectivity index (χ0n) is 18.7. The molecule has 0 aromatic carbocycles. The predicted octanol–water partition coefficient (Wildman–Crippen LogP) is 4.27. The lowest BCUT2D eigenvalue weighted by Gasteiger charge is -2.67. The molecule has 5 rings (SSSR count). The van der Waals surface area contributed by atoms with Crippen LogP contribution in [0.4, 0.5) is 0 Å². The van der Waals surface area contributed by atoms with Crippen molar-refractivity contribution in [2.45, 2.75) is 104 Å². The Morgan fingerprint density at radius 3 is 2.17 bits per heavy atom. The highest BCUT2D eigenvalue weighted by atomic mass is 16.6. The first-order valence-electron chi connectivity index (χ1n) is 11.4. The summed E-state index contributed by atoms with van der Waals surface area (Å²) in [6.45, 7) is 12.5. The van der Waals surface area contributed by atoms with Crippen LogP contribution in [0.1, 0.15) is 80.1 Å². The van der Waals surface area contributed by atoms with Crippen LogP contribution in [-0.4, -0.2) is 36.4 Å². The normalized spacial score (nSPS) is 53.9. The average molecular weight is 405 g/mol. The molecule has 2 bridgehead atoms. The van der Waals surface area contributed by atoms with Gasteiger partial charge in [-0.05, 0) is 55.8 Å². The maximum Gasteiger partial charge on any atom is 0.302 e. The fraction of sp³-hybridized carbons (Fsp3) is 0.917. The fourth-order valence-electron chi connectivity index (χ4n) is 8.98. The lowest BCUT2D eigenvalue weighted by atomic mass is 9.39. The minimum Gasteiger partial charge on any atom is -0.462 e. The van der Waals surface area contributed by atoms with E-state index in [1.807, 2.05) is 0 Å². The number of carbonyl (C=O) groups excluding carboxylic acids is 2. The van der Waals surface area contributed by atoms with E-state index in [1.165, 1.54) is 26.7 Å². The van der Waals surface area contributed by atoms with E-state index in [-0.39, 0.29) is 58.0 Å². The molecular weight excluding hydrogens is 368 g/mol. The quantitative estimate of drug-likeness (QED) is 0.508. The van der Waals surface area contributed by atoms with Gasteiger partial charge in [0.25, 0.3) is 0 Å². The van der Waals surface area contributed by atoms with Gasteiger partial charge in [0.1, 0.15) is 12.2 Å². The van der Waals surface area contributed by atoms with Gasteiger partial charge in [0, 0.05) is 30.1 Å². The maximum absolute atomic E-state index is 12.0. The van der Waals surface area contributed by atoms with E-state index in [1.54, 1.807) is 0 Å². The van der Waals surface area contributed by atoms with Crippen molar-refractivity contribution >= 4 is 11.9 Å². The molecule has 5 aliphatic rings. The molecule has 5 fully saturated rings. The second-order valence-corrected chi connectivity index (χ2v) is 11.9. The van der Waals surface area contributed by atoms with Gasteiger partial charge in [-0.3, -0.25) is 9.59 Å². The first-order chi connectivity index (χ1) is 13.4. The average Bonchev–Trinajstić information content (AvgIpc) is 3.37. The molecule has 29 heavy (non-hydrogen) atoms. The number of rotatable bonds is 2. The summed E-state index contributed by atoms with van der Waals surface area (Å²) in [6, 6.07) is 0. The van der Waals surface area contributed by atoms with Crippen molar-refractivity contribution in [2.24, 2.45) is 33.5 Å². The van der Waals surface area contributed by atoms with E-state index in [9.17, 15) is 9.59 Å². The van der Waals surface area contributed by atoms with Crippen molar-refractivity contribution in [1.29, 1.82) is 0 Å². The van der Waals surface area contributed by atoms with Crippen LogP contribution in [0.3, 0.4) is 0 Å². The smallest absolute Gasteiger partial charge is 0.302 e. The van der Waals surface area contributed by atoms with Crippen molar-refractivity contribution < 1.29 is 23.8 Å². The highest BCUT2D eigenvalue weighted by Crippen LogP contribution is 2.78. The molecule has 0 aromatic rings. The third-order valence-electron chi connectivity index (χ3n) is 10.0. The van der Waals surface area contributed by atoms with E-state index in [0.717, 1.165) is 25.7 Å². The van der Waals surface area contributed by atoms with E-state index in [0.29, 0.717) is 11.8 Å². The molecule has 0 N–H and O–H groups in total. The topological polar surface area (TPSA) is 65.1 Å². The first-order valence-corrected chi connectivity index (χ1v) is 11.4. The van der Waals surface area contributed by atoms with Crippen molar-refractivity contribution in [1.82, 2.24) is 0 Å². The molecule has 5 nitrogen and oxygen atoms in total. The van der Waals surface area contributed by atoms with Crippen LogP contribution in [-0.2, 0) is 23.8 Å². The maximum atomic E-state index is 12.0. The van der Waals surface area contributed by atoms with Crippen molar-refractivity contribution in [3.05, 3.63) is 0 Å². The monoisotopic (exact) mass is 404 g/mol. The number of ether oxygens (including phenoxy) is 3. The van der Waals surface area contributed by atoms with Crippen LogP contribution in [0.25, 0.3) is 0 Å². The van der Waals surface area contributed by atoms with Gasteiger partial charge in [-0.2, -0.15) is 0 Å². The molecule has 0 amide bonds. The van der Waals surface area contributed by atoms with Crippen molar-refractivity contribution in [2.75, 3.05) is 0 Å². The summed E-state index contributed by atoms with van der Waals surface area (Å²) < 4.78 is 18.2. The largest absolute Gasteiger partial charge is 0.462 e. The molecular formula is C24H36O5. The molecule has 1 heterocycles. The summed E-state index contributed by atoms with van der Waals surface area (Å²) in [6.07, 6.45) is 6.57. The van der Waals surface area contributed by atoms with Gasteiger partial charge in [0.2, 0.25) is 0 Å². The van der Waals surface area contributed by atoms with E-state index in [4.69, 9.17) is 14.2 Å². The molecule has 0 radical (unpaired) electrons. The fourth-order valence-corrected chi connectivity index (χ4v) is 8.98. The summed E-state index contributed by atoms with van der Waals surface area (Å²) >= 11 is 0. The molecule has 9 atom stereocenters. The third-order valence-corrected chi connectivity index (χ3v) is 10.0. The Morgan fingerprint density at radius 2 is 1.52 bits per heavy atom. The molecule has 1 spiro atoms. The molecule has 162 valence electrons. The van der Waals surface area contributed by atoms with Crippen LogP contribution in [0, 0.1) is 33.5 Å². The van der Waals surface area contributed by atoms with Crippen LogP contribution >= 0.6 is 0 Å². The van der Waals surface area contributed by atoms with E-state index >= 15 is 0 Å². The minimum absolute atomic E-state index is 0.0691. The summed E-state index contributed by atoms with van der Waals surface area (Å²) in [5.41, 5.74) is 0.142. The van der Waals surface area contributed by atoms with E-state index < -0.39 is 0 Å². The number of esters is 2. The molecule has 1 saturated heterocycles. The van der Waals surface area contributed by atoms with Crippen molar-refractivity contribution in [3.63, 3.8) is 0 Å². The summed E-state index contributed by atoms with van der Waals surface area (Å²) in [4.78, 5) is 24.0. The van der Waals surface area contributed by atoms with Gasteiger partial charge < -0.3 is 14.2 Å². The number of fused-ring (bicyclic) bond motifs is 5. The van der Waals surface area contributed by atoms with Gasteiger partial charge in [0.05, 0.1) is 12.2 Å². The predicted molar refractivity (Wildman–Crippen MR) is 107 cm³/mol. The van der Waals surface area contributed by atoms with Crippen LogP contribution in [0.2, 0.25) is 0 Å². The highest BCUT2D eigenvalue weighted by Gasteiger charge is 2.80. The molecule has 5 heteroatoms. The standard InChI is InChI=1S/C24H36O5/c1-13(25)27-17-8-9-21(3,4)15-7-10-24-12-22(5,19-20(24)29-19)18(28-14(2)26)11-16(24)23(15,17)6/h15-20H,7-12H2,1-6H3/t15?,16?,17-,18+,19-,20+,22+,23+,24-/m0/s1. The molecule has 0 aromatic heterocycles. The van der Waals surface area contributed by atoms with Crippen molar-refractivity contribution in [3.8, 4) is 0 Å². The number of hydrogen-bond donors (Lipinski definition) is 0. The highest BCUT2D eigenvalue weighted by molar-refractivity contribution is 5.66. The molecule has 4 saturated carbocycles. The Labute approximate surface area is 174 Å². The van der Waals surface area contributed by atoms with Crippen LogP contribution in [0.5, 0.6) is 0 Å². The number of epoxide rings is 1. The second-order valence-electron chi connectivity index (χ2n) is 11.9. The number of hydrogen-bond acceptors (Lipinski definition) is 5. The molecule has 1 aliphatic heterocycles. The Morgan fingerprint density at radius 1 is 0.862 bits per heavy atom. The third kappa shape index (κ3) is 2.43. The Balaban J connectivity index is 1.60. The van der Waals surface area contributed by atoms with E-state index in [2.05, 4.69) is 27.7 Å². The zero-order chi connectivity index (χ0) is 21.0. The van der Waals surface area contributed by atoms with Gasteiger partial charge in [0.15, 0.2) is 0 Å². The molecule has 2 unspecified atom stereocenters. The Hall–Kier alpha value is -1.10. The lowest BCUT2D eigenvalue weighted by Crippen LogP contribution is -2.65. The molecule has 4 aliphatic carbocycles. The van der Waals surface area contributed by atoms with Crippen LogP contribution < -0.4 is 0 Å². The van der Waals surface area contributed by atoms with Gasteiger partial charge in [-0.15, -0.1) is 0 Å². The summed E-state index contributed by atoms with van der Waals surface area (Å²) in [5.74, 6) is 0.445. The zero-order valence-corrected chi connectivity index (χ0v) is 18.7. The second kappa shape index (κ2) is 5.77.